The Morgan fingerprint density at radius 3 is 2.67 bits per heavy atom. The summed E-state index contributed by atoms with van der Waals surface area (Å²) in [6, 6.07) is -0.0798. The van der Waals surface area contributed by atoms with E-state index >= 15 is 0 Å². The fourth-order valence-electron chi connectivity index (χ4n) is 0.456. The van der Waals surface area contributed by atoms with Crippen LogP contribution in [-0.4, -0.2) is 15.2 Å². The fourth-order valence-corrected chi connectivity index (χ4v) is 0.736. The van der Waals surface area contributed by atoms with E-state index in [1.807, 2.05) is 6.92 Å². The zero-order valence-electron chi connectivity index (χ0n) is 4.93. The average Bonchev–Trinajstić information content (AvgIpc) is 2.14. The highest BCUT2D eigenvalue weighted by molar-refractivity contribution is 9.10. The molecule has 0 aromatic carbocycles. The van der Waals surface area contributed by atoms with Gasteiger partial charge in [0.25, 0.3) is 0 Å². The highest BCUT2D eigenvalue weighted by atomic mass is 79.9. The van der Waals surface area contributed by atoms with Crippen LogP contribution in [0.5, 0.6) is 0 Å². The van der Waals surface area contributed by atoms with Crippen LogP contribution in [0.4, 0.5) is 0 Å². The van der Waals surface area contributed by atoms with Crippen molar-refractivity contribution in [2.24, 2.45) is 5.73 Å². The standard InChI is InChI=1S/C4H7BrN4/c1-2(6)3-7-4(5)9-8-3/h2H,6H2,1H3,(H,7,8,9). The van der Waals surface area contributed by atoms with Crippen LogP contribution in [0, 0.1) is 0 Å². The normalized spacial score (nSPS) is 13.7. The number of H-pyrrole nitrogens is 1. The van der Waals surface area contributed by atoms with E-state index < -0.39 is 0 Å². The molecule has 0 saturated carbocycles. The van der Waals surface area contributed by atoms with Crippen molar-refractivity contribution < 1.29 is 0 Å². The number of hydrogen-bond acceptors (Lipinski definition) is 3. The van der Waals surface area contributed by atoms with Gasteiger partial charge in [0.1, 0.15) is 5.82 Å². The second-order valence-corrected chi connectivity index (χ2v) is 2.49. The molecule has 4 nitrogen and oxygen atoms in total. The Hall–Kier alpha value is -0.420. The first-order valence-corrected chi connectivity index (χ1v) is 3.33. The van der Waals surface area contributed by atoms with Gasteiger partial charge in [-0.25, -0.2) is 4.98 Å². The largest absolute Gasteiger partial charge is 0.322 e. The zero-order chi connectivity index (χ0) is 6.85. The summed E-state index contributed by atoms with van der Waals surface area (Å²) in [7, 11) is 0. The molecule has 1 aromatic heterocycles. The van der Waals surface area contributed by atoms with Crippen LogP contribution < -0.4 is 5.73 Å². The highest BCUT2D eigenvalue weighted by Crippen LogP contribution is 2.05. The van der Waals surface area contributed by atoms with E-state index in [2.05, 4.69) is 31.1 Å². The molecule has 0 saturated heterocycles. The predicted molar refractivity (Wildman–Crippen MR) is 36.7 cm³/mol. The van der Waals surface area contributed by atoms with Crippen LogP contribution in [0.2, 0.25) is 0 Å². The molecule has 1 unspecified atom stereocenters. The van der Waals surface area contributed by atoms with Crippen molar-refractivity contribution in [3.8, 4) is 0 Å². The van der Waals surface area contributed by atoms with Gasteiger partial charge in [-0.2, -0.15) is 0 Å². The summed E-state index contributed by atoms with van der Waals surface area (Å²) in [4.78, 5) is 3.94. The van der Waals surface area contributed by atoms with Gasteiger partial charge in [0.2, 0.25) is 4.73 Å². The van der Waals surface area contributed by atoms with Crippen molar-refractivity contribution >= 4 is 15.9 Å². The van der Waals surface area contributed by atoms with Crippen molar-refractivity contribution in [2.45, 2.75) is 13.0 Å². The number of nitrogens with zero attached hydrogens (tertiary/aromatic N) is 2. The molecular formula is C4H7BrN4. The molecule has 1 rings (SSSR count). The van der Waals surface area contributed by atoms with E-state index in [4.69, 9.17) is 5.73 Å². The lowest BCUT2D eigenvalue weighted by molar-refractivity contribution is 0.745. The summed E-state index contributed by atoms with van der Waals surface area (Å²) in [5.74, 6) is 0.696. The maximum Gasteiger partial charge on any atom is 0.217 e. The first kappa shape index (κ1) is 6.70. The molecule has 9 heavy (non-hydrogen) atoms. The fraction of sp³-hybridized carbons (Fsp3) is 0.500. The summed E-state index contributed by atoms with van der Waals surface area (Å²) in [6.07, 6.45) is 0. The molecule has 0 spiro atoms. The Kier molecular flexibility index (Phi) is 1.82. The van der Waals surface area contributed by atoms with E-state index in [9.17, 15) is 0 Å². The molecule has 0 bridgehead atoms. The molecule has 3 N–H and O–H groups in total. The maximum absolute atomic E-state index is 5.47. The van der Waals surface area contributed by atoms with Gasteiger partial charge in [-0.1, -0.05) is 0 Å². The Morgan fingerprint density at radius 1 is 1.78 bits per heavy atom. The van der Waals surface area contributed by atoms with Crippen LogP contribution in [0.1, 0.15) is 18.8 Å². The lowest BCUT2D eigenvalue weighted by Gasteiger charge is -1.94. The summed E-state index contributed by atoms with van der Waals surface area (Å²) in [6.45, 7) is 1.84. The molecule has 0 aliphatic rings. The van der Waals surface area contributed by atoms with Crippen molar-refractivity contribution in [1.29, 1.82) is 0 Å². The molecule has 1 heterocycles. The van der Waals surface area contributed by atoms with E-state index in [-0.39, 0.29) is 6.04 Å². The third-order valence-corrected chi connectivity index (χ3v) is 1.26. The summed E-state index contributed by atoms with van der Waals surface area (Å²) < 4.78 is 0.551. The molecule has 50 valence electrons. The second-order valence-electron chi connectivity index (χ2n) is 1.78. The topological polar surface area (TPSA) is 67.6 Å². The van der Waals surface area contributed by atoms with Gasteiger partial charge in [-0.3, -0.25) is 5.10 Å². The lowest BCUT2D eigenvalue weighted by atomic mass is 10.4. The van der Waals surface area contributed by atoms with Crippen LogP contribution >= 0.6 is 15.9 Å². The molecule has 5 heteroatoms. The number of halogens is 1. The van der Waals surface area contributed by atoms with Gasteiger partial charge in [-0.15, -0.1) is 5.10 Å². The number of hydrogen-bond donors (Lipinski definition) is 2. The molecule has 1 atom stereocenters. The SMILES string of the molecule is CC(N)c1nc(Br)n[nH]1. The molecular weight excluding hydrogens is 184 g/mol. The van der Waals surface area contributed by atoms with Crippen LogP contribution in [0.3, 0.4) is 0 Å². The first-order valence-electron chi connectivity index (χ1n) is 2.53. The Morgan fingerprint density at radius 2 is 2.44 bits per heavy atom. The molecule has 0 amide bonds. The van der Waals surface area contributed by atoms with E-state index in [0.29, 0.717) is 10.6 Å². The van der Waals surface area contributed by atoms with E-state index in [0.717, 1.165) is 0 Å². The van der Waals surface area contributed by atoms with Crippen LogP contribution in [0.25, 0.3) is 0 Å². The number of nitrogens with two attached hydrogens (primary N) is 1. The Labute approximate surface area is 61.0 Å². The van der Waals surface area contributed by atoms with Gasteiger partial charge in [0.15, 0.2) is 0 Å². The minimum atomic E-state index is -0.0798. The summed E-state index contributed by atoms with van der Waals surface area (Å²) in [5.41, 5.74) is 5.47. The molecule has 0 radical (unpaired) electrons. The minimum absolute atomic E-state index is 0.0798. The quantitative estimate of drug-likeness (QED) is 0.682. The maximum atomic E-state index is 5.47. The van der Waals surface area contributed by atoms with Crippen molar-refractivity contribution in [3.05, 3.63) is 10.6 Å². The summed E-state index contributed by atoms with van der Waals surface area (Å²) >= 11 is 3.09. The molecule has 0 aliphatic heterocycles. The zero-order valence-corrected chi connectivity index (χ0v) is 6.51. The second kappa shape index (κ2) is 2.45. The first-order chi connectivity index (χ1) is 4.20. The Bertz CT molecular complexity index is 194. The lowest BCUT2D eigenvalue weighted by Crippen LogP contribution is -2.06. The van der Waals surface area contributed by atoms with Gasteiger partial charge in [0, 0.05) is 0 Å². The van der Waals surface area contributed by atoms with Gasteiger partial charge in [-0.05, 0) is 22.9 Å². The van der Waals surface area contributed by atoms with E-state index in [1.54, 1.807) is 0 Å². The van der Waals surface area contributed by atoms with Gasteiger partial charge < -0.3 is 5.73 Å². The predicted octanol–water partition coefficient (Wildman–Crippen LogP) is 0.587. The number of nitrogens with one attached hydrogen (secondary N) is 1. The number of rotatable bonds is 1. The average molecular weight is 191 g/mol. The molecule has 1 aromatic rings. The Balaban J connectivity index is 2.85. The minimum Gasteiger partial charge on any atom is -0.322 e. The van der Waals surface area contributed by atoms with Crippen LogP contribution in [0.15, 0.2) is 4.73 Å². The third kappa shape index (κ3) is 1.49. The number of aromatic amines is 1. The van der Waals surface area contributed by atoms with Crippen LogP contribution in [-0.2, 0) is 0 Å². The van der Waals surface area contributed by atoms with E-state index in [1.165, 1.54) is 0 Å². The summed E-state index contributed by atoms with van der Waals surface area (Å²) in [5, 5.41) is 6.41. The van der Waals surface area contributed by atoms with Gasteiger partial charge in [0.05, 0.1) is 6.04 Å². The monoisotopic (exact) mass is 190 g/mol. The van der Waals surface area contributed by atoms with Crippen molar-refractivity contribution in [3.63, 3.8) is 0 Å². The molecule has 0 aliphatic carbocycles. The van der Waals surface area contributed by atoms with Crippen molar-refractivity contribution in [2.75, 3.05) is 0 Å². The smallest absolute Gasteiger partial charge is 0.217 e. The number of aromatic nitrogens is 3. The van der Waals surface area contributed by atoms with Crippen molar-refractivity contribution in [1.82, 2.24) is 15.2 Å². The highest BCUT2D eigenvalue weighted by Gasteiger charge is 2.02. The third-order valence-electron chi connectivity index (χ3n) is 0.907. The van der Waals surface area contributed by atoms with Gasteiger partial charge >= 0.3 is 0 Å². The molecule has 0 fully saturated rings.